The molecule has 1 amide bonds. The van der Waals surface area contributed by atoms with E-state index in [9.17, 15) is 9.59 Å². The average molecular weight is 357 g/mol. The Balaban J connectivity index is 2.80. The first-order chi connectivity index (χ1) is 11.1. The van der Waals surface area contributed by atoms with Crippen molar-refractivity contribution in [2.24, 2.45) is 0 Å². The number of halogens is 1. The molecule has 0 aromatic carbocycles. The van der Waals surface area contributed by atoms with E-state index in [0.29, 0.717) is 11.4 Å². The van der Waals surface area contributed by atoms with Crippen molar-refractivity contribution in [2.75, 3.05) is 24.5 Å². The van der Waals surface area contributed by atoms with Crippen LogP contribution in [0.5, 0.6) is 0 Å². The smallest absolute Gasteiger partial charge is 0.407 e. The standard InChI is InChI=1S/C15H21ClN4O4/c1-5-10-8-18-13(16)19-12(10)20(9-11(21)22)7-6-17-14(23)24-15(2,3)4/h5,8H,1,6-7,9H2,2-4H3,(H,17,23)(H,21,22). The Morgan fingerprint density at radius 2 is 2.17 bits per heavy atom. The summed E-state index contributed by atoms with van der Waals surface area (Å²) in [6, 6.07) is 0. The Hall–Kier alpha value is -2.35. The number of carbonyl (C=O) groups is 2. The number of ether oxygens (including phenoxy) is 1. The lowest BCUT2D eigenvalue weighted by Gasteiger charge is -2.24. The molecule has 0 radical (unpaired) electrons. The lowest BCUT2D eigenvalue weighted by Crippen LogP contribution is -2.40. The first kappa shape index (κ1) is 19.7. The maximum atomic E-state index is 11.6. The number of amides is 1. The van der Waals surface area contributed by atoms with E-state index in [4.69, 9.17) is 21.4 Å². The molecule has 0 saturated carbocycles. The quantitative estimate of drug-likeness (QED) is 0.721. The maximum Gasteiger partial charge on any atom is 0.407 e. The predicted octanol–water partition coefficient (Wildman–Crippen LogP) is 2.19. The highest BCUT2D eigenvalue weighted by molar-refractivity contribution is 6.28. The highest BCUT2D eigenvalue weighted by Gasteiger charge is 2.18. The van der Waals surface area contributed by atoms with E-state index in [-0.39, 0.29) is 24.9 Å². The molecule has 0 bridgehead atoms. The van der Waals surface area contributed by atoms with Gasteiger partial charge in [0.1, 0.15) is 18.0 Å². The van der Waals surface area contributed by atoms with Crippen LogP contribution in [0.3, 0.4) is 0 Å². The monoisotopic (exact) mass is 356 g/mol. The number of rotatable bonds is 7. The molecule has 132 valence electrons. The molecule has 1 rings (SSSR count). The third-order valence-electron chi connectivity index (χ3n) is 2.66. The summed E-state index contributed by atoms with van der Waals surface area (Å²) in [5, 5.41) is 11.6. The van der Waals surface area contributed by atoms with E-state index in [1.165, 1.54) is 17.2 Å². The zero-order valence-corrected chi connectivity index (χ0v) is 14.6. The van der Waals surface area contributed by atoms with Crippen molar-refractivity contribution in [3.63, 3.8) is 0 Å². The molecule has 0 unspecified atom stereocenters. The zero-order valence-electron chi connectivity index (χ0n) is 13.9. The number of hydrogen-bond donors (Lipinski definition) is 2. The maximum absolute atomic E-state index is 11.6. The molecule has 0 aliphatic heterocycles. The molecule has 1 aromatic heterocycles. The van der Waals surface area contributed by atoms with Gasteiger partial charge in [-0.25, -0.2) is 9.78 Å². The summed E-state index contributed by atoms with van der Waals surface area (Å²) in [6.07, 6.45) is 2.37. The van der Waals surface area contributed by atoms with Crippen molar-refractivity contribution in [3.05, 3.63) is 23.6 Å². The molecule has 0 saturated heterocycles. The fraction of sp³-hybridized carbons (Fsp3) is 0.467. The average Bonchev–Trinajstić information content (AvgIpc) is 2.43. The van der Waals surface area contributed by atoms with E-state index < -0.39 is 17.7 Å². The van der Waals surface area contributed by atoms with E-state index in [0.717, 1.165) is 0 Å². The fourth-order valence-corrected chi connectivity index (χ4v) is 1.92. The van der Waals surface area contributed by atoms with Crippen LogP contribution >= 0.6 is 11.6 Å². The van der Waals surface area contributed by atoms with Crippen LogP contribution in [-0.2, 0) is 9.53 Å². The predicted molar refractivity (Wildman–Crippen MR) is 91.2 cm³/mol. The summed E-state index contributed by atoms with van der Waals surface area (Å²) in [7, 11) is 0. The minimum atomic E-state index is -1.04. The van der Waals surface area contributed by atoms with Crippen molar-refractivity contribution >= 4 is 35.6 Å². The number of aromatic nitrogens is 2. The number of carboxylic acid groups (broad SMARTS) is 1. The molecule has 0 spiro atoms. The van der Waals surface area contributed by atoms with Gasteiger partial charge in [0.25, 0.3) is 0 Å². The van der Waals surface area contributed by atoms with Gasteiger partial charge in [0.15, 0.2) is 0 Å². The van der Waals surface area contributed by atoms with Gasteiger partial charge in [-0.05, 0) is 32.4 Å². The minimum absolute atomic E-state index is 0.00825. The summed E-state index contributed by atoms with van der Waals surface area (Å²) >= 11 is 5.79. The third-order valence-corrected chi connectivity index (χ3v) is 2.84. The topological polar surface area (TPSA) is 105 Å². The van der Waals surface area contributed by atoms with Crippen LogP contribution in [0.15, 0.2) is 12.8 Å². The number of anilines is 1. The fourth-order valence-electron chi connectivity index (χ4n) is 1.79. The van der Waals surface area contributed by atoms with Crippen molar-refractivity contribution in [1.29, 1.82) is 0 Å². The Morgan fingerprint density at radius 3 is 2.71 bits per heavy atom. The SMILES string of the molecule is C=Cc1cnc(Cl)nc1N(CCNC(=O)OC(C)(C)C)CC(=O)O. The van der Waals surface area contributed by atoms with Gasteiger partial charge in [-0.15, -0.1) is 0 Å². The van der Waals surface area contributed by atoms with Crippen LogP contribution in [0.25, 0.3) is 6.08 Å². The lowest BCUT2D eigenvalue weighted by molar-refractivity contribution is -0.135. The lowest BCUT2D eigenvalue weighted by atomic mass is 10.2. The number of nitrogens with zero attached hydrogens (tertiary/aromatic N) is 3. The van der Waals surface area contributed by atoms with Crippen molar-refractivity contribution in [2.45, 2.75) is 26.4 Å². The van der Waals surface area contributed by atoms with Gasteiger partial charge in [0.2, 0.25) is 5.28 Å². The second-order valence-electron chi connectivity index (χ2n) is 5.87. The van der Waals surface area contributed by atoms with Gasteiger partial charge in [-0.2, -0.15) is 4.98 Å². The molecule has 8 nitrogen and oxygen atoms in total. The number of carbonyl (C=O) groups excluding carboxylic acids is 1. The molecular weight excluding hydrogens is 336 g/mol. The van der Waals surface area contributed by atoms with E-state index in [2.05, 4.69) is 21.9 Å². The van der Waals surface area contributed by atoms with Crippen LogP contribution in [0.4, 0.5) is 10.6 Å². The summed E-state index contributed by atoms with van der Waals surface area (Å²) < 4.78 is 5.12. The van der Waals surface area contributed by atoms with E-state index >= 15 is 0 Å². The summed E-state index contributed by atoms with van der Waals surface area (Å²) in [5.74, 6) is -0.713. The molecule has 1 heterocycles. The Kier molecular flexibility index (Phi) is 6.97. The second kappa shape index (κ2) is 8.49. The number of carboxylic acids is 1. The normalized spacial score (nSPS) is 10.8. The van der Waals surface area contributed by atoms with Crippen LogP contribution in [0, 0.1) is 0 Å². The molecule has 2 N–H and O–H groups in total. The van der Waals surface area contributed by atoms with E-state index in [1.807, 2.05) is 0 Å². The number of alkyl carbamates (subject to hydrolysis) is 1. The van der Waals surface area contributed by atoms with Crippen LogP contribution in [-0.4, -0.2) is 52.4 Å². The van der Waals surface area contributed by atoms with Gasteiger partial charge in [0.05, 0.1) is 0 Å². The number of aliphatic carboxylic acids is 1. The van der Waals surface area contributed by atoms with Crippen molar-refractivity contribution < 1.29 is 19.4 Å². The van der Waals surface area contributed by atoms with Gasteiger partial charge >= 0.3 is 12.1 Å². The molecule has 1 aromatic rings. The summed E-state index contributed by atoms with van der Waals surface area (Å²) in [6.45, 7) is 8.95. The third kappa shape index (κ3) is 6.82. The first-order valence-electron chi connectivity index (χ1n) is 7.21. The molecule has 0 aliphatic rings. The van der Waals surface area contributed by atoms with Gasteiger partial charge in [-0.3, -0.25) is 4.79 Å². The Morgan fingerprint density at radius 1 is 1.50 bits per heavy atom. The van der Waals surface area contributed by atoms with Crippen molar-refractivity contribution in [3.8, 4) is 0 Å². The zero-order chi connectivity index (χ0) is 18.3. The van der Waals surface area contributed by atoms with Gasteiger partial charge in [-0.1, -0.05) is 12.7 Å². The summed E-state index contributed by atoms with van der Waals surface area (Å²) in [4.78, 5) is 32.1. The van der Waals surface area contributed by atoms with E-state index in [1.54, 1.807) is 20.8 Å². The van der Waals surface area contributed by atoms with Crippen LogP contribution in [0.1, 0.15) is 26.3 Å². The molecule has 0 fully saturated rings. The Bertz CT molecular complexity index is 616. The Labute approximate surface area is 145 Å². The second-order valence-corrected chi connectivity index (χ2v) is 6.20. The molecular formula is C15H21ClN4O4. The summed E-state index contributed by atoms with van der Waals surface area (Å²) in [5.41, 5.74) is -0.0704. The molecule has 0 atom stereocenters. The highest BCUT2D eigenvalue weighted by atomic mass is 35.5. The first-order valence-corrected chi connectivity index (χ1v) is 7.58. The largest absolute Gasteiger partial charge is 0.480 e. The van der Waals surface area contributed by atoms with Crippen LogP contribution in [0.2, 0.25) is 5.28 Å². The number of hydrogen-bond acceptors (Lipinski definition) is 6. The minimum Gasteiger partial charge on any atom is -0.480 e. The number of nitrogens with one attached hydrogen (secondary N) is 1. The van der Waals surface area contributed by atoms with Gasteiger partial charge < -0.3 is 20.1 Å². The van der Waals surface area contributed by atoms with Crippen molar-refractivity contribution in [1.82, 2.24) is 15.3 Å². The molecule has 24 heavy (non-hydrogen) atoms. The highest BCUT2D eigenvalue weighted by Crippen LogP contribution is 2.19. The molecule has 0 aliphatic carbocycles. The van der Waals surface area contributed by atoms with Gasteiger partial charge in [0, 0.05) is 24.8 Å². The van der Waals surface area contributed by atoms with Crippen LogP contribution < -0.4 is 10.2 Å². The molecule has 9 heteroatoms.